The number of phenols is 1. The predicted molar refractivity (Wildman–Crippen MR) is 72.4 cm³/mol. The van der Waals surface area contributed by atoms with E-state index in [1.54, 1.807) is 16.7 Å². The van der Waals surface area contributed by atoms with Crippen LogP contribution in [0.1, 0.15) is 6.92 Å². The lowest BCUT2D eigenvalue weighted by molar-refractivity contribution is 0.469. The summed E-state index contributed by atoms with van der Waals surface area (Å²) in [6.07, 6.45) is 0. The van der Waals surface area contributed by atoms with E-state index >= 15 is 0 Å². The maximum absolute atomic E-state index is 14.0. The normalized spacial score (nSPS) is 11.2. The summed E-state index contributed by atoms with van der Waals surface area (Å²) >= 11 is 0. The average molecular weight is 274 g/mol. The van der Waals surface area contributed by atoms with Gasteiger partial charge in [0.1, 0.15) is 22.9 Å². The molecule has 1 heterocycles. The summed E-state index contributed by atoms with van der Waals surface area (Å²) in [5.41, 5.74) is 1.08. The Morgan fingerprint density at radius 2 is 1.95 bits per heavy atom. The topological polar surface area (TPSA) is 38.0 Å². The molecule has 3 nitrogen and oxygen atoms in total. The fourth-order valence-corrected chi connectivity index (χ4v) is 2.32. The van der Waals surface area contributed by atoms with Crippen LogP contribution in [-0.2, 0) is 6.54 Å². The first-order valence-electron chi connectivity index (χ1n) is 6.25. The van der Waals surface area contributed by atoms with Gasteiger partial charge in [0.2, 0.25) is 0 Å². The van der Waals surface area contributed by atoms with Crippen LogP contribution >= 0.6 is 0 Å². The lowest BCUT2D eigenvalue weighted by Gasteiger charge is -2.07. The van der Waals surface area contributed by atoms with Crippen LogP contribution in [-0.4, -0.2) is 14.7 Å². The molecular formula is C15H12F2N2O. The molecule has 0 unspecified atom stereocenters. The van der Waals surface area contributed by atoms with E-state index in [4.69, 9.17) is 0 Å². The number of aryl methyl sites for hydroxylation is 1. The van der Waals surface area contributed by atoms with Crippen LogP contribution < -0.4 is 0 Å². The Morgan fingerprint density at radius 1 is 1.15 bits per heavy atom. The third kappa shape index (κ3) is 1.82. The summed E-state index contributed by atoms with van der Waals surface area (Å²) in [5.74, 6) is -0.827. The molecule has 0 atom stereocenters. The fraction of sp³-hybridized carbons (Fsp3) is 0.133. The third-order valence-corrected chi connectivity index (χ3v) is 3.24. The smallest absolute Gasteiger partial charge is 0.151 e. The van der Waals surface area contributed by atoms with Crippen molar-refractivity contribution in [2.45, 2.75) is 13.5 Å². The van der Waals surface area contributed by atoms with Crippen molar-refractivity contribution in [3.8, 4) is 17.1 Å². The highest BCUT2D eigenvalue weighted by Crippen LogP contribution is 2.29. The number of aromatic hydroxyl groups is 1. The van der Waals surface area contributed by atoms with Crippen molar-refractivity contribution in [2.24, 2.45) is 0 Å². The minimum atomic E-state index is -0.588. The van der Waals surface area contributed by atoms with Crippen LogP contribution in [0.2, 0.25) is 0 Å². The molecule has 0 spiro atoms. The van der Waals surface area contributed by atoms with Crippen molar-refractivity contribution < 1.29 is 13.9 Å². The Bertz CT molecular complexity index is 796. The summed E-state index contributed by atoms with van der Waals surface area (Å²) in [6.45, 7) is 2.42. The van der Waals surface area contributed by atoms with Gasteiger partial charge >= 0.3 is 0 Å². The first-order valence-corrected chi connectivity index (χ1v) is 6.25. The monoisotopic (exact) mass is 274 g/mol. The van der Waals surface area contributed by atoms with Gasteiger partial charge < -0.3 is 9.67 Å². The molecular weight excluding hydrogens is 262 g/mol. The summed E-state index contributed by atoms with van der Waals surface area (Å²) in [4.78, 5) is 4.21. The lowest BCUT2D eigenvalue weighted by Crippen LogP contribution is -1.98. The molecule has 20 heavy (non-hydrogen) atoms. The van der Waals surface area contributed by atoms with E-state index in [1.807, 2.05) is 6.92 Å². The molecule has 5 heteroatoms. The molecule has 0 aliphatic rings. The number of benzene rings is 2. The summed E-state index contributed by atoms with van der Waals surface area (Å²) in [5, 5.41) is 9.27. The van der Waals surface area contributed by atoms with E-state index in [0.717, 1.165) is 6.07 Å². The van der Waals surface area contributed by atoms with Crippen LogP contribution in [0.15, 0.2) is 36.4 Å². The highest BCUT2D eigenvalue weighted by atomic mass is 19.1. The molecule has 0 amide bonds. The molecule has 0 fully saturated rings. The van der Waals surface area contributed by atoms with E-state index in [0.29, 0.717) is 17.9 Å². The minimum absolute atomic E-state index is 0.156. The van der Waals surface area contributed by atoms with Crippen molar-refractivity contribution in [2.75, 3.05) is 0 Å². The maximum Gasteiger partial charge on any atom is 0.151 e. The van der Waals surface area contributed by atoms with E-state index in [2.05, 4.69) is 4.98 Å². The number of imidazole rings is 1. The summed E-state index contributed by atoms with van der Waals surface area (Å²) < 4.78 is 29.5. The van der Waals surface area contributed by atoms with Gasteiger partial charge in [-0.3, -0.25) is 0 Å². The molecule has 3 rings (SSSR count). The highest BCUT2D eigenvalue weighted by Gasteiger charge is 2.17. The Hall–Kier alpha value is -2.43. The highest BCUT2D eigenvalue weighted by molar-refractivity contribution is 5.81. The number of aromatic nitrogens is 2. The van der Waals surface area contributed by atoms with E-state index in [-0.39, 0.29) is 16.8 Å². The number of para-hydroxylation sites is 1. The Morgan fingerprint density at radius 3 is 2.65 bits per heavy atom. The fourth-order valence-electron chi connectivity index (χ4n) is 2.32. The molecule has 1 N–H and O–H groups in total. The maximum atomic E-state index is 14.0. The number of halogens is 2. The van der Waals surface area contributed by atoms with Gasteiger partial charge in [0.15, 0.2) is 5.82 Å². The predicted octanol–water partition coefficient (Wildman–Crippen LogP) is 3.71. The number of rotatable bonds is 2. The molecule has 0 aliphatic heterocycles. The van der Waals surface area contributed by atoms with E-state index < -0.39 is 11.6 Å². The van der Waals surface area contributed by atoms with Gasteiger partial charge in [0, 0.05) is 12.6 Å². The third-order valence-electron chi connectivity index (χ3n) is 3.24. The van der Waals surface area contributed by atoms with Crippen molar-refractivity contribution in [1.29, 1.82) is 0 Å². The second kappa shape index (κ2) is 4.59. The zero-order chi connectivity index (χ0) is 14.3. The van der Waals surface area contributed by atoms with E-state index in [9.17, 15) is 13.9 Å². The zero-order valence-electron chi connectivity index (χ0n) is 10.8. The van der Waals surface area contributed by atoms with Gasteiger partial charge in [-0.05, 0) is 31.2 Å². The standard InChI is InChI=1S/C15H12F2N2O/c1-2-19-13-5-3-4-11(16)14(13)18-15(19)10-7-6-9(20)8-12(10)17/h3-8,20H,2H2,1H3. The summed E-state index contributed by atoms with van der Waals surface area (Å²) in [7, 11) is 0. The molecule has 102 valence electrons. The second-order valence-electron chi connectivity index (χ2n) is 4.45. The van der Waals surface area contributed by atoms with Crippen LogP contribution in [0.4, 0.5) is 8.78 Å². The Labute approximate surface area is 114 Å². The van der Waals surface area contributed by atoms with Gasteiger partial charge in [0.05, 0.1) is 11.1 Å². The SMILES string of the molecule is CCn1c(-c2ccc(O)cc2F)nc2c(F)cccc21. The number of hydrogen-bond donors (Lipinski definition) is 1. The van der Waals surface area contributed by atoms with Crippen LogP contribution in [0.3, 0.4) is 0 Å². The molecule has 3 aromatic rings. The Kier molecular flexibility index (Phi) is 2.89. The van der Waals surface area contributed by atoms with Gasteiger partial charge in [-0.15, -0.1) is 0 Å². The molecule has 0 saturated carbocycles. The minimum Gasteiger partial charge on any atom is -0.508 e. The van der Waals surface area contributed by atoms with Crippen molar-refractivity contribution in [1.82, 2.24) is 9.55 Å². The first kappa shape index (κ1) is 12.6. The van der Waals surface area contributed by atoms with Crippen molar-refractivity contribution in [3.05, 3.63) is 48.0 Å². The molecule has 0 radical (unpaired) electrons. The van der Waals surface area contributed by atoms with Crippen LogP contribution in [0.25, 0.3) is 22.4 Å². The average Bonchev–Trinajstić information content (AvgIpc) is 2.78. The Balaban J connectivity index is 2.33. The van der Waals surface area contributed by atoms with Crippen molar-refractivity contribution >= 4 is 11.0 Å². The summed E-state index contributed by atoms with van der Waals surface area (Å²) in [6, 6.07) is 8.51. The molecule has 0 bridgehead atoms. The molecule has 2 aromatic carbocycles. The quantitative estimate of drug-likeness (QED) is 0.773. The largest absolute Gasteiger partial charge is 0.508 e. The van der Waals surface area contributed by atoms with Crippen molar-refractivity contribution in [3.63, 3.8) is 0 Å². The number of fused-ring (bicyclic) bond motifs is 1. The number of phenolic OH excluding ortho intramolecular Hbond substituents is 1. The number of hydrogen-bond acceptors (Lipinski definition) is 2. The van der Waals surface area contributed by atoms with Crippen LogP contribution in [0.5, 0.6) is 5.75 Å². The first-order chi connectivity index (χ1) is 9.61. The lowest BCUT2D eigenvalue weighted by atomic mass is 10.2. The number of nitrogens with zero attached hydrogens (tertiary/aromatic N) is 2. The van der Waals surface area contributed by atoms with Gasteiger partial charge in [-0.25, -0.2) is 13.8 Å². The van der Waals surface area contributed by atoms with Gasteiger partial charge in [0.25, 0.3) is 0 Å². The van der Waals surface area contributed by atoms with Gasteiger partial charge in [-0.2, -0.15) is 0 Å². The van der Waals surface area contributed by atoms with Gasteiger partial charge in [-0.1, -0.05) is 6.07 Å². The van der Waals surface area contributed by atoms with E-state index in [1.165, 1.54) is 18.2 Å². The molecule has 0 saturated heterocycles. The second-order valence-corrected chi connectivity index (χ2v) is 4.45. The molecule has 0 aliphatic carbocycles. The van der Waals surface area contributed by atoms with Crippen LogP contribution in [0, 0.1) is 11.6 Å². The molecule has 1 aromatic heterocycles. The zero-order valence-corrected chi connectivity index (χ0v) is 10.8.